The Morgan fingerprint density at radius 2 is 1.66 bits per heavy atom. The highest BCUT2D eigenvalue weighted by Crippen LogP contribution is 2.21. The number of benzene rings is 2. The summed E-state index contributed by atoms with van der Waals surface area (Å²) in [6, 6.07) is 15.7. The zero-order valence-electron chi connectivity index (χ0n) is 20.9. The summed E-state index contributed by atoms with van der Waals surface area (Å²) in [4.78, 5) is 30.9. The number of urea groups is 1. The predicted molar refractivity (Wildman–Crippen MR) is 141 cm³/mol. The van der Waals surface area contributed by atoms with Gasteiger partial charge in [-0.3, -0.25) is 4.79 Å². The van der Waals surface area contributed by atoms with Crippen molar-refractivity contribution in [1.29, 1.82) is 0 Å². The third kappa shape index (κ3) is 7.65. The van der Waals surface area contributed by atoms with Crippen molar-refractivity contribution in [2.24, 2.45) is 0 Å². The maximum atomic E-state index is 13.4. The van der Waals surface area contributed by atoms with Crippen LogP contribution in [0.4, 0.5) is 14.9 Å². The Kier molecular flexibility index (Phi) is 9.43. The lowest BCUT2D eigenvalue weighted by molar-refractivity contribution is -0.133. The second-order valence-electron chi connectivity index (χ2n) is 9.03. The fourth-order valence-electron chi connectivity index (χ4n) is 3.72. The topological polar surface area (TPSA) is 52.7 Å². The van der Waals surface area contributed by atoms with Crippen molar-refractivity contribution in [2.45, 2.75) is 53.1 Å². The third-order valence-corrected chi connectivity index (χ3v) is 6.89. The largest absolute Gasteiger partial charge is 0.332 e. The molecule has 1 N–H and O–H groups in total. The van der Waals surface area contributed by atoms with Crippen LogP contribution in [0.5, 0.6) is 0 Å². The smallest absolute Gasteiger partial charge is 0.322 e. The summed E-state index contributed by atoms with van der Waals surface area (Å²) >= 11 is 1.60. The molecule has 1 aromatic heterocycles. The number of thiophene rings is 1. The molecule has 3 aromatic rings. The molecular weight excluding hydrogens is 461 g/mol. The molecule has 3 amide bonds. The molecule has 0 aliphatic carbocycles. The number of anilines is 1. The van der Waals surface area contributed by atoms with E-state index in [9.17, 15) is 14.0 Å². The van der Waals surface area contributed by atoms with Crippen molar-refractivity contribution in [3.05, 3.63) is 87.4 Å². The van der Waals surface area contributed by atoms with E-state index in [1.165, 1.54) is 17.7 Å². The van der Waals surface area contributed by atoms with Gasteiger partial charge in [-0.2, -0.15) is 0 Å². The monoisotopic (exact) mass is 495 g/mol. The van der Waals surface area contributed by atoms with Crippen LogP contribution in [0.3, 0.4) is 0 Å². The van der Waals surface area contributed by atoms with Crippen LogP contribution in [-0.4, -0.2) is 34.8 Å². The summed E-state index contributed by atoms with van der Waals surface area (Å²) in [7, 11) is 0. The van der Waals surface area contributed by atoms with Gasteiger partial charge in [-0.1, -0.05) is 45.0 Å². The minimum Gasteiger partial charge on any atom is -0.332 e. The molecule has 0 bridgehead atoms. The van der Waals surface area contributed by atoms with Crippen molar-refractivity contribution < 1.29 is 14.0 Å². The summed E-state index contributed by atoms with van der Waals surface area (Å²) in [5.74, 6) is -0.0538. The van der Waals surface area contributed by atoms with E-state index in [4.69, 9.17) is 0 Å². The van der Waals surface area contributed by atoms with Gasteiger partial charge in [0.2, 0.25) is 5.91 Å². The highest BCUT2D eigenvalue weighted by molar-refractivity contribution is 7.10. The Balaban J connectivity index is 1.74. The molecule has 0 saturated heterocycles. The number of hydrogen-bond donors (Lipinski definition) is 1. The van der Waals surface area contributed by atoms with Crippen molar-refractivity contribution >= 4 is 29.0 Å². The van der Waals surface area contributed by atoms with Gasteiger partial charge in [-0.15, -0.1) is 11.3 Å². The molecule has 0 atom stereocenters. The fraction of sp³-hybridized carbons (Fsp3) is 0.357. The minimum atomic E-state index is -0.312. The first-order valence-corrected chi connectivity index (χ1v) is 12.9. The van der Waals surface area contributed by atoms with E-state index in [0.717, 1.165) is 22.4 Å². The van der Waals surface area contributed by atoms with Gasteiger partial charge in [-0.25, -0.2) is 9.18 Å². The van der Waals surface area contributed by atoms with E-state index in [2.05, 4.69) is 19.2 Å². The lowest BCUT2D eigenvalue weighted by Gasteiger charge is -2.28. The number of amides is 3. The molecule has 0 saturated carbocycles. The number of carbonyl (C=O) groups excluding carboxylic acids is 2. The molecule has 0 unspecified atom stereocenters. The van der Waals surface area contributed by atoms with Crippen molar-refractivity contribution in [1.82, 2.24) is 9.80 Å². The van der Waals surface area contributed by atoms with E-state index in [-0.39, 0.29) is 24.3 Å². The maximum absolute atomic E-state index is 13.4. The summed E-state index contributed by atoms with van der Waals surface area (Å²) in [6.07, 6.45) is 0.731. The molecule has 186 valence electrons. The van der Waals surface area contributed by atoms with Gasteiger partial charge in [0, 0.05) is 23.7 Å². The number of carbonyl (C=O) groups is 2. The molecule has 0 aliphatic heterocycles. The zero-order chi connectivity index (χ0) is 25.4. The van der Waals surface area contributed by atoms with Crippen LogP contribution in [0, 0.1) is 12.7 Å². The number of nitrogens with zero attached hydrogens (tertiary/aromatic N) is 2. The van der Waals surface area contributed by atoms with Gasteiger partial charge in [0.25, 0.3) is 0 Å². The highest BCUT2D eigenvalue weighted by atomic mass is 32.1. The second kappa shape index (κ2) is 12.5. The molecule has 3 rings (SSSR count). The lowest BCUT2D eigenvalue weighted by atomic mass is 10.0. The summed E-state index contributed by atoms with van der Waals surface area (Å²) in [5.41, 5.74) is 3.86. The molecule has 7 heteroatoms. The molecule has 35 heavy (non-hydrogen) atoms. The Morgan fingerprint density at radius 3 is 2.23 bits per heavy atom. The lowest BCUT2D eigenvalue weighted by Crippen LogP contribution is -2.44. The quantitative estimate of drug-likeness (QED) is 0.337. The summed E-state index contributed by atoms with van der Waals surface area (Å²) < 4.78 is 13.4. The van der Waals surface area contributed by atoms with Gasteiger partial charge in [0.05, 0.1) is 6.54 Å². The first kappa shape index (κ1) is 26.4. The normalized spacial score (nSPS) is 10.9. The Bertz CT molecular complexity index is 1110. The van der Waals surface area contributed by atoms with Crippen molar-refractivity contribution in [2.75, 3.05) is 18.4 Å². The predicted octanol–water partition coefficient (Wildman–Crippen LogP) is 6.79. The maximum Gasteiger partial charge on any atom is 0.322 e. The number of rotatable bonds is 10. The average molecular weight is 496 g/mol. The van der Waals surface area contributed by atoms with E-state index in [1.807, 2.05) is 49.6 Å². The van der Waals surface area contributed by atoms with Gasteiger partial charge in [-0.05, 0) is 71.7 Å². The van der Waals surface area contributed by atoms with E-state index in [1.54, 1.807) is 33.3 Å². The van der Waals surface area contributed by atoms with Crippen LogP contribution in [0.1, 0.15) is 54.7 Å². The zero-order valence-corrected chi connectivity index (χ0v) is 21.7. The SMILES string of the molecule is CCCN(CC(=O)N(Cc1ccc(F)cc1)Cc1sccc1C)C(=O)Nc1ccc(C(C)C)cc1. The highest BCUT2D eigenvalue weighted by Gasteiger charge is 2.22. The van der Waals surface area contributed by atoms with Crippen LogP contribution in [0.2, 0.25) is 0 Å². The Morgan fingerprint density at radius 1 is 0.971 bits per heavy atom. The number of halogens is 1. The molecule has 0 spiro atoms. The van der Waals surface area contributed by atoms with E-state index < -0.39 is 0 Å². The van der Waals surface area contributed by atoms with Gasteiger partial charge in [0.1, 0.15) is 12.4 Å². The molecule has 1 heterocycles. The Hall–Kier alpha value is -3.19. The molecule has 0 radical (unpaired) electrons. The summed E-state index contributed by atoms with van der Waals surface area (Å²) in [5, 5.41) is 4.93. The van der Waals surface area contributed by atoms with E-state index >= 15 is 0 Å². The number of aryl methyl sites for hydroxylation is 1. The van der Waals surface area contributed by atoms with Crippen LogP contribution in [-0.2, 0) is 17.9 Å². The van der Waals surface area contributed by atoms with Crippen LogP contribution >= 0.6 is 11.3 Å². The number of hydrogen-bond acceptors (Lipinski definition) is 3. The number of nitrogens with one attached hydrogen (secondary N) is 1. The average Bonchev–Trinajstić information content (AvgIpc) is 3.24. The molecule has 0 aliphatic rings. The van der Waals surface area contributed by atoms with Crippen molar-refractivity contribution in [3.63, 3.8) is 0 Å². The summed E-state index contributed by atoms with van der Waals surface area (Å²) in [6.45, 7) is 9.46. The first-order chi connectivity index (χ1) is 16.8. The van der Waals surface area contributed by atoms with Crippen LogP contribution in [0.15, 0.2) is 60.0 Å². The standard InChI is InChI=1S/C28H34FN3O2S/c1-5-15-31(28(34)30-25-12-8-23(9-13-25)20(2)3)19-27(33)32(18-26-21(4)14-16-35-26)17-22-6-10-24(29)11-7-22/h6-14,16,20H,5,15,17-19H2,1-4H3,(H,30,34). The fourth-order valence-corrected chi connectivity index (χ4v) is 4.64. The van der Waals surface area contributed by atoms with Crippen LogP contribution < -0.4 is 5.32 Å². The molecular formula is C28H34FN3O2S. The van der Waals surface area contributed by atoms with Crippen molar-refractivity contribution in [3.8, 4) is 0 Å². The van der Waals surface area contributed by atoms with Gasteiger partial charge in [0.15, 0.2) is 0 Å². The van der Waals surface area contributed by atoms with Crippen LogP contribution in [0.25, 0.3) is 0 Å². The Labute approximate surface area is 211 Å². The first-order valence-electron chi connectivity index (χ1n) is 12.0. The van der Waals surface area contributed by atoms with E-state index in [0.29, 0.717) is 31.2 Å². The molecule has 5 nitrogen and oxygen atoms in total. The minimum absolute atomic E-state index is 0.0324. The second-order valence-corrected chi connectivity index (χ2v) is 10.0. The third-order valence-electron chi connectivity index (χ3n) is 5.88. The molecule has 0 fully saturated rings. The van der Waals surface area contributed by atoms with Gasteiger partial charge >= 0.3 is 6.03 Å². The molecule has 2 aromatic carbocycles. The van der Waals surface area contributed by atoms with Gasteiger partial charge < -0.3 is 15.1 Å².